The van der Waals surface area contributed by atoms with Gasteiger partial charge in [0.25, 0.3) is 5.56 Å². The molecule has 0 bridgehead atoms. The van der Waals surface area contributed by atoms with Crippen LogP contribution in [0.2, 0.25) is 0 Å². The van der Waals surface area contributed by atoms with Gasteiger partial charge in [0.2, 0.25) is 10.0 Å². The van der Waals surface area contributed by atoms with Crippen LogP contribution in [-0.2, 0) is 21.9 Å². The van der Waals surface area contributed by atoms with Crippen molar-refractivity contribution in [2.24, 2.45) is 13.0 Å². The van der Waals surface area contributed by atoms with Crippen molar-refractivity contribution >= 4 is 16.0 Å². The van der Waals surface area contributed by atoms with Crippen LogP contribution in [0.1, 0.15) is 12.8 Å². The van der Waals surface area contributed by atoms with Gasteiger partial charge in [-0.3, -0.25) is 9.59 Å². The Hall–Kier alpha value is -1.67. The van der Waals surface area contributed by atoms with Crippen molar-refractivity contribution in [1.82, 2.24) is 8.87 Å². The summed E-state index contributed by atoms with van der Waals surface area (Å²) in [6, 6.07) is 2.78. The fourth-order valence-electron chi connectivity index (χ4n) is 2.25. The number of piperidine rings is 1. The molecule has 0 amide bonds. The second kappa shape index (κ2) is 5.37. The summed E-state index contributed by atoms with van der Waals surface area (Å²) < 4.78 is 27.2. The Kier molecular flexibility index (Phi) is 3.96. The van der Waals surface area contributed by atoms with E-state index in [1.165, 1.54) is 34.2 Å². The first-order valence-electron chi connectivity index (χ1n) is 6.22. The summed E-state index contributed by atoms with van der Waals surface area (Å²) in [6.07, 6.45) is 2.02. The van der Waals surface area contributed by atoms with Gasteiger partial charge in [-0.1, -0.05) is 0 Å². The molecule has 0 atom stereocenters. The van der Waals surface area contributed by atoms with Crippen molar-refractivity contribution in [3.8, 4) is 0 Å². The number of rotatable bonds is 3. The zero-order chi connectivity index (χ0) is 14.9. The van der Waals surface area contributed by atoms with E-state index in [9.17, 15) is 18.0 Å². The van der Waals surface area contributed by atoms with Crippen LogP contribution >= 0.6 is 0 Å². The predicted molar refractivity (Wildman–Crippen MR) is 70.8 cm³/mol. The summed E-state index contributed by atoms with van der Waals surface area (Å²) in [5, 5.41) is 8.90. The van der Waals surface area contributed by atoms with E-state index in [2.05, 4.69) is 0 Å². The highest BCUT2D eigenvalue weighted by Gasteiger charge is 2.33. The van der Waals surface area contributed by atoms with Crippen molar-refractivity contribution in [2.75, 3.05) is 13.1 Å². The lowest BCUT2D eigenvalue weighted by Crippen LogP contribution is -2.42. The van der Waals surface area contributed by atoms with E-state index < -0.39 is 27.5 Å². The molecule has 7 nitrogen and oxygen atoms in total. The average Bonchev–Trinajstić information content (AvgIpc) is 2.41. The molecule has 1 aliphatic heterocycles. The SMILES string of the molecule is Cn1cccc(S(=O)(=O)N2CCC(C(=O)O)CC2)c1=O. The van der Waals surface area contributed by atoms with Gasteiger partial charge in [-0.25, -0.2) is 8.42 Å². The topological polar surface area (TPSA) is 96.7 Å². The van der Waals surface area contributed by atoms with E-state index in [-0.39, 0.29) is 30.8 Å². The number of pyridine rings is 1. The first-order valence-corrected chi connectivity index (χ1v) is 7.66. The van der Waals surface area contributed by atoms with Crippen LogP contribution in [0.4, 0.5) is 0 Å². The summed E-state index contributed by atoms with van der Waals surface area (Å²) in [4.78, 5) is 22.5. The predicted octanol–water partition coefficient (Wildman–Crippen LogP) is -0.129. The van der Waals surface area contributed by atoms with Crippen LogP contribution in [0.15, 0.2) is 28.0 Å². The highest BCUT2D eigenvalue weighted by molar-refractivity contribution is 7.89. The zero-order valence-electron chi connectivity index (χ0n) is 11.0. The van der Waals surface area contributed by atoms with Gasteiger partial charge in [-0.05, 0) is 25.0 Å². The van der Waals surface area contributed by atoms with E-state index in [1.54, 1.807) is 0 Å². The molecule has 0 radical (unpaired) electrons. The first-order chi connectivity index (χ1) is 9.34. The molecule has 0 saturated carbocycles. The Morgan fingerprint density at radius 1 is 1.35 bits per heavy atom. The van der Waals surface area contributed by atoms with E-state index in [4.69, 9.17) is 5.11 Å². The minimum absolute atomic E-state index is 0.122. The number of hydrogen-bond acceptors (Lipinski definition) is 4. The fourth-order valence-corrected chi connectivity index (χ4v) is 3.84. The highest BCUT2D eigenvalue weighted by Crippen LogP contribution is 2.22. The third-order valence-corrected chi connectivity index (χ3v) is 5.42. The first kappa shape index (κ1) is 14.7. The molecule has 2 rings (SSSR count). The monoisotopic (exact) mass is 300 g/mol. The second-order valence-electron chi connectivity index (χ2n) is 4.81. The molecular weight excluding hydrogens is 284 g/mol. The smallest absolute Gasteiger partial charge is 0.306 e. The maximum Gasteiger partial charge on any atom is 0.306 e. The fraction of sp³-hybridized carbons (Fsp3) is 0.500. The lowest BCUT2D eigenvalue weighted by atomic mass is 9.99. The number of carbonyl (C=O) groups is 1. The molecule has 0 unspecified atom stereocenters. The van der Waals surface area contributed by atoms with Crippen LogP contribution in [0.3, 0.4) is 0 Å². The van der Waals surface area contributed by atoms with Crippen LogP contribution in [0.5, 0.6) is 0 Å². The molecule has 1 saturated heterocycles. The van der Waals surface area contributed by atoms with Crippen molar-refractivity contribution in [2.45, 2.75) is 17.7 Å². The summed E-state index contributed by atoms with van der Waals surface area (Å²) in [6.45, 7) is 0.245. The van der Waals surface area contributed by atoms with Gasteiger partial charge < -0.3 is 9.67 Å². The Bertz CT molecular complexity index is 671. The van der Waals surface area contributed by atoms with E-state index in [0.29, 0.717) is 0 Å². The third kappa shape index (κ3) is 2.61. The molecule has 1 aromatic heterocycles. The Labute approximate surface area is 116 Å². The molecular formula is C12H16N2O5S. The number of aryl methyl sites for hydroxylation is 1. The van der Waals surface area contributed by atoms with Crippen molar-refractivity contribution < 1.29 is 18.3 Å². The van der Waals surface area contributed by atoms with Gasteiger partial charge in [-0.15, -0.1) is 0 Å². The molecule has 1 fully saturated rings. The quantitative estimate of drug-likeness (QED) is 0.839. The van der Waals surface area contributed by atoms with E-state index in [0.717, 1.165) is 0 Å². The molecule has 1 aromatic rings. The largest absolute Gasteiger partial charge is 0.481 e. The van der Waals surface area contributed by atoms with E-state index in [1.807, 2.05) is 0 Å². The minimum Gasteiger partial charge on any atom is -0.481 e. The second-order valence-corrected chi connectivity index (χ2v) is 6.71. The van der Waals surface area contributed by atoms with Gasteiger partial charge in [0.1, 0.15) is 4.90 Å². The number of sulfonamides is 1. The Morgan fingerprint density at radius 3 is 2.50 bits per heavy atom. The number of aromatic nitrogens is 1. The molecule has 8 heteroatoms. The summed E-state index contributed by atoms with van der Waals surface area (Å²) in [5.41, 5.74) is -0.576. The van der Waals surface area contributed by atoms with Gasteiger partial charge in [-0.2, -0.15) is 4.31 Å². The number of carboxylic acid groups (broad SMARTS) is 1. The molecule has 110 valence electrons. The molecule has 0 spiro atoms. The number of aliphatic carboxylic acids is 1. The van der Waals surface area contributed by atoms with Crippen LogP contribution in [0, 0.1) is 5.92 Å². The van der Waals surface area contributed by atoms with E-state index >= 15 is 0 Å². The van der Waals surface area contributed by atoms with Gasteiger partial charge in [0, 0.05) is 26.3 Å². The Balaban J connectivity index is 2.27. The lowest BCUT2D eigenvalue weighted by molar-refractivity contribution is -0.142. The normalized spacial score (nSPS) is 18.1. The zero-order valence-corrected chi connectivity index (χ0v) is 11.8. The van der Waals surface area contributed by atoms with Gasteiger partial charge in [0.05, 0.1) is 5.92 Å². The summed E-state index contributed by atoms with van der Waals surface area (Å²) in [5.74, 6) is -1.42. The maximum atomic E-state index is 12.4. The van der Waals surface area contributed by atoms with Crippen molar-refractivity contribution in [1.29, 1.82) is 0 Å². The third-order valence-electron chi connectivity index (χ3n) is 3.51. The average molecular weight is 300 g/mol. The molecule has 20 heavy (non-hydrogen) atoms. The highest BCUT2D eigenvalue weighted by atomic mass is 32.2. The summed E-state index contributed by atoms with van der Waals surface area (Å²) in [7, 11) is -2.37. The molecule has 0 aromatic carbocycles. The van der Waals surface area contributed by atoms with Crippen molar-refractivity contribution in [3.05, 3.63) is 28.7 Å². The van der Waals surface area contributed by atoms with Crippen molar-refractivity contribution in [3.63, 3.8) is 0 Å². The number of carboxylic acids is 1. The molecule has 1 N–H and O–H groups in total. The molecule has 2 heterocycles. The standard InChI is InChI=1S/C12H16N2O5S/c1-13-6-2-3-10(11(13)15)20(18,19)14-7-4-9(5-8-14)12(16)17/h2-3,6,9H,4-5,7-8H2,1H3,(H,16,17). The molecule has 1 aliphatic rings. The molecule has 0 aliphatic carbocycles. The summed E-state index contributed by atoms with van der Waals surface area (Å²) >= 11 is 0. The van der Waals surface area contributed by atoms with Gasteiger partial charge >= 0.3 is 5.97 Å². The lowest BCUT2D eigenvalue weighted by Gasteiger charge is -2.29. The number of hydrogen-bond donors (Lipinski definition) is 1. The maximum absolute atomic E-state index is 12.4. The number of nitrogens with zero attached hydrogens (tertiary/aromatic N) is 2. The van der Waals surface area contributed by atoms with Crippen LogP contribution in [-0.4, -0.2) is 41.5 Å². The van der Waals surface area contributed by atoms with Crippen LogP contribution in [0.25, 0.3) is 0 Å². The van der Waals surface area contributed by atoms with Gasteiger partial charge in [0.15, 0.2) is 0 Å². The Morgan fingerprint density at radius 2 is 1.95 bits per heavy atom. The van der Waals surface area contributed by atoms with Crippen LogP contribution < -0.4 is 5.56 Å². The minimum atomic E-state index is -3.86.